The van der Waals surface area contributed by atoms with Crippen molar-refractivity contribution < 1.29 is 110 Å². The number of aliphatic hydroxyl groups is 4. The molecule has 9 heteroatoms. The Bertz CT molecular complexity index is 207. The van der Waals surface area contributed by atoms with Crippen molar-refractivity contribution in [3.05, 3.63) is 0 Å². The molecule has 0 aromatic carbocycles. The van der Waals surface area contributed by atoms with Gasteiger partial charge >= 0.3 is 57.4 Å². The number of rotatable bonds is 5. The fourth-order valence-corrected chi connectivity index (χ4v) is 0.615. The van der Waals surface area contributed by atoms with E-state index in [0.29, 0.717) is 0 Å². The number of aldehydes is 1. The molecule has 0 radical (unpaired) electrons. The van der Waals surface area contributed by atoms with E-state index in [9.17, 15) is 9.59 Å². The van der Waals surface area contributed by atoms with Crippen molar-refractivity contribution in [2.24, 2.45) is 0 Å². The molecule has 0 aliphatic rings. The molecular weight excluding hydrogens is 271 g/mol. The zero-order valence-corrected chi connectivity index (χ0v) is 12.6. The molecule has 0 aromatic heterocycles. The number of carboxylic acid groups (broad SMARTS) is 1. The third-order valence-corrected chi connectivity index (χ3v) is 1.42. The Morgan fingerprint density at radius 3 is 1.80 bits per heavy atom. The fraction of sp³-hybridized carbons (Fsp3) is 0.667. The molecule has 0 aliphatic carbocycles. The molecule has 0 aromatic rings. The first kappa shape index (κ1) is 21.6. The van der Waals surface area contributed by atoms with E-state index in [1.54, 1.807) is 0 Å². The van der Waals surface area contributed by atoms with Gasteiger partial charge in [-0.05, 0) is 0 Å². The molecule has 0 heterocycles. The summed E-state index contributed by atoms with van der Waals surface area (Å²) >= 11 is 0. The predicted octanol–water partition coefficient (Wildman–Crippen LogP) is -6.17. The molecule has 0 aliphatic heterocycles. The number of aliphatic hydroxyl groups excluding tert-OH is 4. The fourth-order valence-electron chi connectivity index (χ4n) is 0.615. The molecule has 0 unspecified atom stereocenters. The van der Waals surface area contributed by atoms with Gasteiger partial charge in [-0.25, -0.2) is 4.79 Å². The predicted molar refractivity (Wildman–Crippen MR) is 38.8 cm³/mol. The van der Waals surface area contributed by atoms with Crippen molar-refractivity contribution >= 4 is 12.3 Å². The molecule has 0 saturated carbocycles. The van der Waals surface area contributed by atoms with Crippen molar-refractivity contribution in [1.29, 1.82) is 0 Å². The second-order valence-corrected chi connectivity index (χ2v) is 2.39. The third-order valence-electron chi connectivity index (χ3n) is 1.42. The Morgan fingerprint density at radius 1 is 1.13 bits per heavy atom. The van der Waals surface area contributed by atoms with Gasteiger partial charge in [0.1, 0.15) is 18.3 Å². The van der Waals surface area contributed by atoms with Crippen LogP contribution in [0.5, 0.6) is 0 Å². The van der Waals surface area contributed by atoms with E-state index in [2.05, 4.69) is 0 Å². The number of hydrogen-bond acceptors (Lipinski definition) is 6. The first-order chi connectivity index (χ1) is 5.91. The summed E-state index contributed by atoms with van der Waals surface area (Å²) < 4.78 is 0. The van der Waals surface area contributed by atoms with Crippen LogP contribution in [0.15, 0.2) is 0 Å². The van der Waals surface area contributed by atoms with Gasteiger partial charge in [0, 0.05) is 21.7 Å². The van der Waals surface area contributed by atoms with Gasteiger partial charge < -0.3 is 31.8 Å². The van der Waals surface area contributed by atoms with Crippen LogP contribution in [0.1, 0.15) is 1.43 Å². The van der Waals surface area contributed by atoms with Crippen molar-refractivity contribution in [2.45, 2.75) is 24.4 Å². The minimum absolute atomic E-state index is 0. The average molecular weight is 282 g/mol. The second-order valence-electron chi connectivity index (χ2n) is 2.39. The van der Waals surface area contributed by atoms with Crippen LogP contribution in [-0.4, -0.2) is 62.2 Å². The molecule has 15 heavy (non-hydrogen) atoms. The van der Waals surface area contributed by atoms with Gasteiger partial charge in [0.2, 0.25) is 0 Å². The maximum atomic E-state index is 10.1. The Morgan fingerprint density at radius 2 is 1.53 bits per heavy atom. The molecule has 0 fully saturated rings. The van der Waals surface area contributed by atoms with Crippen molar-refractivity contribution in [2.75, 3.05) is 0 Å². The SMILES string of the molecule is O=C[C@H](O)[C@@H](O)[C@H](O)[C@H](O)C(=O)O.[H-].[K+].[Ti]. The summed E-state index contributed by atoms with van der Waals surface area (Å²) in [5.74, 6) is -1.76. The van der Waals surface area contributed by atoms with E-state index in [-0.39, 0.29) is 80.8 Å². The van der Waals surface area contributed by atoms with E-state index in [4.69, 9.17) is 25.5 Å². The molecule has 0 spiro atoms. The first-order valence-electron chi connectivity index (χ1n) is 3.32. The van der Waals surface area contributed by atoms with E-state index < -0.39 is 30.4 Å². The minimum Gasteiger partial charge on any atom is -1.00 e. The molecular formula is C6H11KO7Ti. The molecule has 0 amide bonds. The summed E-state index contributed by atoms with van der Waals surface area (Å²) in [5.41, 5.74) is 0. The molecule has 0 rings (SSSR count). The number of hydrogen-bond donors (Lipinski definition) is 5. The monoisotopic (exact) mass is 282 g/mol. The third kappa shape index (κ3) is 7.29. The van der Waals surface area contributed by atoms with Crippen molar-refractivity contribution in [1.82, 2.24) is 0 Å². The number of carbonyl (C=O) groups excluding carboxylic acids is 1. The van der Waals surface area contributed by atoms with Crippen LogP contribution in [0.2, 0.25) is 0 Å². The van der Waals surface area contributed by atoms with Crippen LogP contribution in [-0.2, 0) is 31.3 Å². The largest absolute Gasteiger partial charge is 1.00 e. The van der Waals surface area contributed by atoms with Gasteiger partial charge in [-0.1, -0.05) is 0 Å². The van der Waals surface area contributed by atoms with Gasteiger partial charge in [0.05, 0.1) is 0 Å². The van der Waals surface area contributed by atoms with Gasteiger partial charge in [-0.2, -0.15) is 0 Å². The quantitative estimate of drug-likeness (QED) is 0.250. The number of carboxylic acids is 1. The summed E-state index contributed by atoms with van der Waals surface area (Å²) in [4.78, 5) is 20.0. The Hall–Kier alpha value is 1.33. The molecule has 7 nitrogen and oxygen atoms in total. The Balaban J connectivity index is -0.000000240. The first-order valence-corrected chi connectivity index (χ1v) is 3.32. The van der Waals surface area contributed by atoms with Gasteiger partial charge in [0.15, 0.2) is 12.4 Å². The van der Waals surface area contributed by atoms with E-state index in [1.165, 1.54) is 0 Å². The van der Waals surface area contributed by atoms with Crippen LogP contribution in [0.4, 0.5) is 0 Å². The van der Waals surface area contributed by atoms with Crippen LogP contribution in [0, 0.1) is 0 Å². The normalized spacial score (nSPS) is 17.3. The number of carbonyl (C=O) groups is 2. The smallest absolute Gasteiger partial charge is 1.00 e. The molecule has 0 bridgehead atoms. The minimum atomic E-state index is -2.25. The van der Waals surface area contributed by atoms with E-state index in [0.717, 1.165) is 0 Å². The Kier molecular flexibility index (Phi) is 15.1. The van der Waals surface area contributed by atoms with E-state index >= 15 is 0 Å². The average Bonchev–Trinajstić information content (AvgIpc) is 2.12. The van der Waals surface area contributed by atoms with Crippen molar-refractivity contribution in [3.63, 3.8) is 0 Å². The molecule has 82 valence electrons. The standard InChI is InChI=1S/C6H10O7.K.Ti.H/c7-1-2(8)3(9)4(10)5(11)6(12)13;;;/h1-5,8-11H,(H,12,13);;;/q;+1;;-1/t2-,3+,4-,5-;;;/m0.../s1. The van der Waals surface area contributed by atoms with Crippen LogP contribution in [0.25, 0.3) is 0 Å². The maximum Gasteiger partial charge on any atom is 1.00 e. The summed E-state index contributed by atoms with van der Waals surface area (Å²) in [7, 11) is 0. The summed E-state index contributed by atoms with van der Waals surface area (Å²) in [6, 6.07) is 0. The number of aliphatic carboxylic acids is 1. The van der Waals surface area contributed by atoms with E-state index in [1.807, 2.05) is 0 Å². The molecule has 4 atom stereocenters. The van der Waals surface area contributed by atoms with Crippen LogP contribution < -0.4 is 51.4 Å². The van der Waals surface area contributed by atoms with Crippen LogP contribution >= 0.6 is 0 Å². The van der Waals surface area contributed by atoms with Gasteiger partial charge in [0.25, 0.3) is 0 Å². The Labute approximate surface area is 144 Å². The summed E-state index contributed by atoms with van der Waals surface area (Å²) in [5, 5.41) is 43.2. The summed E-state index contributed by atoms with van der Waals surface area (Å²) in [6.07, 6.45) is -8.39. The van der Waals surface area contributed by atoms with Gasteiger partial charge in [-0.15, -0.1) is 0 Å². The zero-order valence-electron chi connectivity index (χ0n) is 8.94. The molecule has 0 saturated heterocycles. The van der Waals surface area contributed by atoms with Crippen molar-refractivity contribution in [3.8, 4) is 0 Å². The summed E-state index contributed by atoms with van der Waals surface area (Å²) in [6.45, 7) is 0. The molecule has 5 N–H and O–H groups in total. The van der Waals surface area contributed by atoms with Gasteiger partial charge in [-0.3, -0.25) is 0 Å². The second kappa shape index (κ2) is 10.5. The topological polar surface area (TPSA) is 135 Å². The van der Waals surface area contributed by atoms with Crippen LogP contribution in [0.3, 0.4) is 0 Å². The zero-order chi connectivity index (χ0) is 10.6. The maximum absolute atomic E-state index is 10.1.